The second-order valence-corrected chi connectivity index (χ2v) is 7.46. The Morgan fingerprint density at radius 2 is 1.95 bits per heavy atom. The zero-order valence-electron chi connectivity index (χ0n) is 11.3. The molecule has 1 N–H and O–H groups in total. The molecule has 0 radical (unpaired) electrons. The summed E-state index contributed by atoms with van der Waals surface area (Å²) in [6.45, 7) is 0. The Hall–Kier alpha value is -1.31. The van der Waals surface area contributed by atoms with Crippen molar-refractivity contribution in [3.63, 3.8) is 0 Å². The van der Waals surface area contributed by atoms with Gasteiger partial charge in [-0.25, -0.2) is 13.4 Å². The average Bonchev–Trinajstić information content (AvgIpc) is 2.38. The first-order valence-electron chi connectivity index (χ1n) is 5.91. The molecule has 5 nitrogen and oxygen atoms in total. The van der Waals surface area contributed by atoms with Gasteiger partial charge in [0, 0.05) is 24.8 Å². The maximum absolute atomic E-state index is 12.4. The lowest BCUT2D eigenvalue weighted by Gasteiger charge is -2.19. The highest BCUT2D eigenvalue weighted by molar-refractivity contribution is 9.10. The third-order valence-electron chi connectivity index (χ3n) is 2.69. The van der Waals surface area contributed by atoms with Gasteiger partial charge in [-0.3, -0.25) is 4.72 Å². The monoisotopic (exact) mass is 389 g/mol. The van der Waals surface area contributed by atoms with E-state index in [0.717, 1.165) is 10.2 Å². The molecule has 2 rings (SSSR count). The maximum atomic E-state index is 12.4. The highest BCUT2D eigenvalue weighted by Crippen LogP contribution is 2.30. The van der Waals surface area contributed by atoms with Crippen molar-refractivity contribution < 1.29 is 8.42 Å². The fourth-order valence-corrected chi connectivity index (χ4v) is 3.41. The van der Waals surface area contributed by atoms with Crippen LogP contribution in [0.5, 0.6) is 0 Å². The molecule has 1 heterocycles. The van der Waals surface area contributed by atoms with E-state index in [1.807, 2.05) is 31.1 Å². The summed E-state index contributed by atoms with van der Waals surface area (Å²) < 4.78 is 28.2. The lowest BCUT2D eigenvalue weighted by molar-refractivity contribution is 0.601. The topological polar surface area (TPSA) is 62.3 Å². The Labute approximate surface area is 137 Å². The van der Waals surface area contributed by atoms with E-state index in [1.165, 1.54) is 18.3 Å². The Bertz CT molecular complexity index is 766. The fraction of sp³-hybridized carbons (Fsp3) is 0.154. The average molecular weight is 391 g/mol. The van der Waals surface area contributed by atoms with E-state index in [2.05, 4.69) is 25.6 Å². The third kappa shape index (κ3) is 3.87. The van der Waals surface area contributed by atoms with Crippen molar-refractivity contribution in [1.29, 1.82) is 0 Å². The van der Waals surface area contributed by atoms with Crippen LogP contribution in [0.15, 0.2) is 45.9 Å². The van der Waals surface area contributed by atoms with Crippen LogP contribution >= 0.6 is 27.5 Å². The Kier molecular flexibility index (Phi) is 4.75. The number of hydrogen-bond acceptors (Lipinski definition) is 4. The predicted molar refractivity (Wildman–Crippen MR) is 88.5 cm³/mol. The molecule has 0 atom stereocenters. The van der Waals surface area contributed by atoms with Crippen molar-refractivity contribution in [3.8, 4) is 0 Å². The number of anilines is 2. The minimum Gasteiger partial charge on any atom is -0.376 e. The molecule has 0 aliphatic carbocycles. The van der Waals surface area contributed by atoms with Crippen molar-refractivity contribution in [2.75, 3.05) is 23.7 Å². The van der Waals surface area contributed by atoms with Crippen LogP contribution in [0.2, 0.25) is 5.15 Å². The lowest BCUT2D eigenvalue weighted by atomic mass is 10.2. The summed E-state index contributed by atoms with van der Waals surface area (Å²) in [4.78, 5) is 5.66. The number of halogens is 2. The van der Waals surface area contributed by atoms with E-state index in [0.29, 0.717) is 5.69 Å². The minimum atomic E-state index is -3.73. The van der Waals surface area contributed by atoms with Crippen LogP contribution in [0.25, 0.3) is 0 Å². The van der Waals surface area contributed by atoms with Crippen LogP contribution in [0, 0.1) is 0 Å². The number of aromatic nitrogens is 1. The first-order chi connectivity index (χ1) is 9.79. The third-order valence-corrected chi connectivity index (χ3v) is 4.76. The van der Waals surface area contributed by atoms with Crippen molar-refractivity contribution >= 4 is 48.9 Å². The number of pyridine rings is 1. The molecular weight excluding hydrogens is 378 g/mol. The standard InChI is InChI=1S/C13H13BrClN3O2S/c1-18(2)12-4-3-9(14)7-11(12)17-21(19,20)10-5-6-16-13(15)8-10/h3-8,17H,1-2H3. The highest BCUT2D eigenvalue weighted by Gasteiger charge is 2.17. The first-order valence-corrected chi connectivity index (χ1v) is 8.56. The van der Waals surface area contributed by atoms with Crippen LogP contribution in [0.1, 0.15) is 0 Å². The summed E-state index contributed by atoms with van der Waals surface area (Å²) in [5.41, 5.74) is 1.23. The van der Waals surface area contributed by atoms with Crippen LogP contribution in [0.3, 0.4) is 0 Å². The number of nitrogens with one attached hydrogen (secondary N) is 1. The first kappa shape index (κ1) is 16.1. The zero-order chi connectivity index (χ0) is 15.6. The molecule has 21 heavy (non-hydrogen) atoms. The second-order valence-electron chi connectivity index (χ2n) is 4.48. The van der Waals surface area contributed by atoms with E-state index >= 15 is 0 Å². The molecule has 0 saturated heterocycles. The van der Waals surface area contributed by atoms with Crippen molar-refractivity contribution in [1.82, 2.24) is 4.98 Å². The van der Waals surface area contributed by atoms with Gasteiger partial charge in [-0.15, -0.1) is 0 Å². The summed E-state index contributed by atoms with van der Waals surface area (Å²) in [6.07, 6.45) is 1.35. The molecule has 8 heteroatoms. The smallest absolute Gasteiger partial charge is 0.262 e. The van der Waals surface area contributed by atoms with E-state index in [4.69, 9.17) is 11.6 Å². The van der Waals surface area contributed by atoms with Crippen molar-refractivity contribution in [2.24, 2.45) is 0 Å². The minimum absolute atomic E-state index is 0.0622. The van der Waals surface area contributed by atoms with Gasteiger partial charge in [0.25, 0.3) is 10.0 Å². The van der Waals surface area contributed by atoms with Gasteiger partial charge in [0.05, 0.1) is 16.3 Å². The molecule has 0 saturated carbocycles. The van der Waals surface area contributed by atoms with E-state index in [-0.39, 0.29) is 10.0 Å². The molecule has 1 aromatic carbocycles. The molecule has 0 aliphatic heterocycles. The molecule has 2 aromatic rings. The number of sulfonamides is 1. The van der Waals surface area contributed by atoms with E-state index in [9.17, 15) is 8.42 Å². The van der Waals surface area contributed by atoms with E-state index in [1.54, 1.807) is 6.07 Å². The highest BCUT2D eigenvalue weighted by atomic mass is 79.9. The molecule has 0 spiro atoms. The predicted octanol–water partition coefficient (Wildman–Crippen LogP) is 3.36. The van der Waals surface area contributed by atoms with Gasteiger partial charge in [0.1, 0.15) is 5.15 Å². The number of nitrogens with zero attached hydrogens (tertiary/aromatic N) is 2. The second kappa shape index (κ2) is 6.21. The van der Waals surface area contributed by atoms with Gasteiger partial charge in [-0.2, -0.15) is 0 Å². The largest absolute Gasteiger partial charge is 0.376 e. The molecule has 112 valence electrons. The van der Waals surface area contributed by atoms with Gasteiger partial charge in [-0.1, -0.05) is 27.5 Å². The quantitative estimate of drug-likeness (QED) is 0.813. The van der Waals surface area contributed by atoms with Gasteiger partial charge >= 0.3 is 0 Å². The van der Waals surface area contributed by atoms with Crippen LogP contribution in [-0.2, 0) is 10.0 Å². The summed E-state index contributed by atoms with van der Waals surface area (Å²) in [6, 6.07) is 8.06. The van der Waals surface area contributed by atoms with E-state index < -0.39 is 10.0 Å². The Balaban J connectivity index is 2.44. The van der Waals surface area contributed by atoms with Gasteiger partial charge in [0.2, 0.25) is 0 Å². The summed E-state index contributed by atoms with van der Waals surface area (Å²) in [5.74, 6) is 0. The molecular formula is C13H13BrClN3O2S. The number of benzene rings is 1. The maximum Gasteiger partial charge on any atom is 0.262 e. The van der Waals surface area contributed by atoms with Gasteiger partial charge in [0.15, 0.2) is 0 Å². The molecule has 0 amide bonds. The van der Waals surface area contributed by atoms with Crippen LogP contribution in [-0.4, -0.2) is 27.5 Å². The number of hydrogen-bond donors (Lipinski definition) is 1. The van der Waals surface area contributed by atoms with Crippen molar-refractivity contribution in [3.05, 3.63) is 46.2 Å². The van der Waals surface area contributed by atoms with Crippen LogP contribution < -0.4 is 9.62 Å². The van der Waals surface area contributed by atoms with Gasteiger partial charge < -0.3 is 4.90 Å². The molecule has 0 unspecified atom stereocenters. The SMILES string of the molecule is CN(C)c1ccc(Br)cc1NS(=O)(=O)c1ccnc(Cl)c1. The van der Waals surface area contributed by atoms with Gasteiger partial charge in [-0.05, 0) is 30.3 Å². The zero-order valence-corrected chi connectivity index (χ0v) is 14.5. The lowest BCUT2D eigenvalue weighted by Crippen LogP contribution is -2.17. The Morgan fingerprint density at radius 1 is 1.24 bits per heavy atom. The number of rotatable bonds is 4. The molecule has 0 aliphatic rings. The molecule has 1 aromatic heterocycles. The van der Waals surface area contributed by atoms with Crippen molar-refractivity contribution in [2.45, 2.75) is 4.90 Å². The summed E-state index contributed by atoms with van der Waals surface area (Å²) in [5, 5.41) is 0.125. The molecule has 0 fully saturated rings. The fourth-order valence-electron chi connectivity index (χ4n) is 1.74. The normalized spacial score (nSPS) is 11.2. The van der Waals surface area contributed by atoms with Crippen LogP contribution in [0.4, 0.5) is 11.4 Å². The molecule has 0 bridgehead atoms. The Morgan fingerprint density at radius 3 is 2.57 bits per heavy atom. The summed E-state index contributed by atoms with van der Waals surface area (Å²) in [7, 11) is -0.0553. The summed E-state index contributed by atoms with van der Waals surface area (Å²) >= 11 is 9.08.